The predicted octanol–water partition coefficient (Wildman–Crippen LogP) is 5.02. The maximum absolute atomic E-state index is 6.09. The smallest absolute Gasteiger partial charge is 0.242 e. The van der Waals surface area contributed by atoms with Crippen LogP contribution in [0.2, 0.25) is 19.6 Å². The minimum Gasteiger partial charge on any atom is -0.543 e. The van der Waals surface area contributed by atoms with Crippen LogP contribution in [0, 0.1) is 6.92 Å². The van der Waals surface area contributed by atoms with E-state index < -0.39 is 8.32 Å². The van der Waals surface area contributed by atoms with Crippen molar-refractivity contribution in [3.8, 4) is 5.75 Å². The lowest BCUT2D eigenvalue weighted by Gasteiger charge is -2.20. The molecular formula is C15H19NOSSi. The van der Waals surface area contributed by atoms with Gasteiger partial charge < -0.3 is 4.43 Å². The summed E-state index contributed by atoms with van der Waals surface area (Å²) in [5.74, 6) is 0.887. The number of hydrogen-bond acceptors (Lipinski definition) is 3. The van der Waals surface area contributed by atoms with E-state index in [9.17, 15) is 0 Å². The fourth-order valence-electron chi connectivity index (χ4n) is 1.64. The fourth-order valence-corrected chi connectivity index (χ4v) is 3.06. The molecule has 1 aromatic carbocycles. The second-order valence-corrected chi connectivity index (χ2v) is 10.9. The minimum atomic E-state index is -1.61. The van der Waals surface area contributed by atoms with Crippen LogP contribution in [-0.4, -0.2) is 14.5 Å². The molecule has 0 saturated carbocycles. The van der Waals surface area contributed by atoms with Crippen LogP contribution in [0.15, 0.2) is 40.7 Å². The molecule has 0 unspecified atom stereocenters. The van der Waals surface area contributed by atoms with E-state index >= 15 is 0 Å². The van der Waals surface area contributed by atoms with Gasteiger partial charge in [0.1, 0.15) is 11.4 Å². The lowest BCUT2D eigenvalue weighted by atomic mass is 10.2. The molecule has 0 amide bonds. The third-order valence-corrected chi connectivity index (χ3v) is 4.04. The van der Waals surface area contributed by atoms with Crippen molar-refractivity contribution >= 4 is 31.6 Å². The largest absolute Gasteiger partial charge is 0.543 e. The molecule has 4 heteroatoms. The topological polar surface area (TPSA) is 21.6 Å². The summed E-state index contributed by atoms with van der Waals surface area (Å²) >= 11 is 1.68. The van der Waals surface area contributed by atoms with E-state index in [4.69, 9.17) is 4.43 Å². The van der Waals surface area contributed by atoms with Gasteiger partial charge in [-0.05, 0) is 55.7 Å². The van der Waals surface area contributed by atoms with Gasteiger partial charge in [-0.15, -0.1) is 11.3 Å². The highest BCUT2D eigenvalue weighted by atomic mass is 32.1. The summed E-state index contributed by atoms with van der Waals surface area (Å²) < 4.78 is 6.09. The van der Waals surface area contributed by atoms with Crippen LogP contribution in [-0.2, 0) is 0 Å². The molecule has 100 valence electrons. The van der Waals surface area contributed by atoms with Gasteiger partial charge in [-0.2, -0.15) is 0 Å². The van der Waals surface area contributed by atoms with Crippen LogP contribution in [0.1, 0.15) is 10.4 Å². The Hall–Kier alpha value is -1.39. The van der Waals surface area contributed by atoms with Crippen molar-refractivity contribution in [3.63, 3.8) is 0 Å². The first kappa shape index (κ1) is 14.0. The molecule has 2 aromatic rings. The standard InChI is InChI=1S/C15H19NOSSi/c1-12-7-8-15(17-19(2,3)4)14(10-12)16-11-13-6-5-9-18-13/h5-11H,1-4H3/b16-11+. The minimum absolute atomic E-state index is 0.887. The highest BCUT2D eigenvalue weighted by Crippen LogP contribution is 2.30. The van der Waals surface area contributed by atoms with E-state index in [2.05, 4.69) is 55.1 Å². The summed E-state index contributed by atoms with van der Waals surface area (Å²) in [6, 6.07) is 10.2. The van der Waals surface area contributed by atoms with Crippen molar-refractivity contribution < 1.29 is 4.43 Å². The van der Waals surface area contributed by atoms with E-state index in [1.165, 1.54) is 5.56 Å². The van der Waals surface area contributed by atoms with Crippen LogP contribution in [0.25, 0.3) is 0 Å². The molecule has 1 aromatic heterocycles. The van der Waals surface area contributed by atoms with Gasteiger partial charge in [0.2, 0.25) is 8.32 Å². The maximum Gasteiger partial charge on any atom is 0.242 e. The lowest BCUT2D eigenvalue weighted by molar-refractivity contribution is 0.559. The second kappa shape index (κ2) is 5.71. The molecule has 0 aliphatic heterocycles. The van der Waals surface area contributed by atoms with Gasteiger partial charge in [0, 0.05) is 11.1 Å². The summed E-state index contributed by atoms with van der Waals surface area (Å²) in [6.45, 7) is 8.61. The van der Waals surface area contributed by atoms with Crippen molar-refractivity contribution in [2.24, 2.45) is 4.99 Å². The monoisotopic (exact) mass is 289 g/mol. The number of nitrogens with zero attached hydrogens (tertiary/aromatic N) is 1. The summed E-state index contributed by atoms with van der Waals surface area (Å²) in [7, 11) is -1.61. The molecule has 0 saturated heterocycles. The normalized spacial score (nSPS) is 12.0. The Balaban J connectivity index is 2.29. The molecule has 0 atom stereocenters. The average Bonchev–Trinajstić information content (AvgIpc) is 2.81. The number of hydrogen-bond donors (Lipinski definition) is 0. The molecule has 0 N–H and O–H groups in total. The van der Waals surface area contributed by atoms with Crippen LogP contribution < -0.4 is 4.43 Å². The summed E-state index contributed by atoms with van der Waals surface area (Å²) in [5.41, 5.74) is 2.11. The number of rotatable bonds is 4. The van der Waals surface area contributed by atoms with Gasteiger partial charge >= 0.3 is 0 Å². The zero-order chi connectivity index (χ0) is 13.9. The molecule has 0 radical (unpaired) electrons. The summed E-state index contributed by atoms with van der Waals surface area (Å²) in [4.78, 5) is 5.73. The number of benzene rings is 1. The molecule has 0 aliphatic carbocycles. The highest BCUT2D eigenvalue weighted by molar-refractivity contribution is 7.11. The third kappa shape index (κ3) is 4.33. The fraction of sp³-hybridized carbons (Fsp3) is 0.267. The first-order valence-corrected chi connectivity index (χ1v) is 10.6. The second-order valence-electron chi connectivity index (χ2n) is 5.46. The Morgan fingerprint density at radius 2 is 2.00 bits per heavy atom. The van der Waals surface area contributed by atoms with E-state index in [0.29, 0.717) is 0 Å². The molecule has 0 aliphatic rings. The van der Waals surface area contributed by atoms with Crippen LogP contribution >= 0.6 is 11.3 Å². The van der Waals surface area contributed by atoms with Crippen LogP contribution in [0.3, 0.4) is 0 Å². The zero-order valence-electron chi connectivity index (χ0n) is 11.8. The molecule has 0 bridgehead atoms. The Kier molecular flexibility index (Phi) is 4.22. The van der Waals surface area contributed by atoms with Gasteiger partial charge in [0.25, 0.3) is 0 Å². The van der Waals surface area contributed by atoms with Gasteiger partial charge in [0.05, 0.1) is 0 Å². The van der Waals surface area contributed by atoms with Crippen LogP contribution in [0.4, 0.5) is 5.69 Å². The van der Waals surface area contributed by atoms with Crippen molar-refractivity contribution in [2.45, 2.75) is 26.6 Å². The van der Waals surface area contributed by atoms with Crippen molar-refractivity contribution in [2.75, 3.05) is 0 Å². The van der Waals surface area contributed by atoms with E-state index in [-0.39, 0.29) is 0 Å². The predicted molar refractivity (Wildman–Crippen MR) is 86.7 cm³/mol. The summed E-state index contributed by atoms with van der Waals surface area (Å²) in [6.07, 6.45) is 1.90. The van der Waals surface area contributed by atoms with Gasteiger partial charge in [0.15, 0.2) is 0 Å². The molecular weight excluding hydrogens is 270 g/mol. The Bertz CT molecular complexity index is 570. The van der Waals surface area contributed by atoms with Crippen molar-refractivity contribution in [3.05, 3.63) is 46.2 Å². The molecule has 1 heterocycles. The number of aryl methyl sites for hydroxylation is 1. The Labute approximate surface area is 119 Å². The molecule has 2 rings (SSSR count). The molecule has 19 heavy (non-hydrogen) atoms. The van der Waals surface area contributed by atoms with E-state index in [1.54, 1.807) is 11.3 Å². The van der Waals surface area contributed by atoms with Gasteiger partial charge in [-0.3, -0.25) is 4.99 Å². The third-order valence-electron chi connectivity index (χ3n) is 2.40. The highest BCUT2D eigenvalue weighted by Gasteiger charge is 2.18. The van der Waals surface area contributed by atoms with Crippen molar-refractivity contribution in [1.29, 1.82) is 0 Å². The average molecular weight is 289 g/mol. The first-order chi connectivity index (χ1) is 8.94. The van der Waals surface area contributed by atoms with Gasteiger partial charge in [-0.1, -0.05) is 12.1 Å². The van der Waals surface area contributed by atoms with Crippen LogP contribution in [0.5, 0.6) is 5.75 Å². The molecule has 2 nitrogen and oxygen atoms in total. The van der Waals surface area contributed by atoms with E-state index in [0.717, 1.165) is 16.3 Å². The number of thiophene rings is 1. The maximum atomic E-state index is 6.09. The van der Waals surface area contributed by atoms with Gasteiger partial charge in [-0.25, -0.2) is 0 Å². The zero-order valence-corrected chi connectivity index (χ0v) is 13.6. The summed E-state index contributed by atoms with van der Waals surface area (Å²) in [5, 5.41) is 2.05. The first-order valence-electron chi connectivity index (χ1n) is 6.31. The Morgan fingerprint density at radius 1 is 1.21 bits per heavy atom. The quantitative estimate of drug-likeness (QED) is 0.572. The lowest BCUT2D eigenvalue weighted by Crippen LogP contribution is -2.29. The number of aliphatic imine (C=N–C) groups is 1. The Morgan fingerprint density at radius 3 is 2.63 bits per heavy atom. The van der Waals surface area contributed by atoms with E-state index in [1.807, 2.05) is 18.3 Å². The molecule has 0 spiro atoms. The molecule has 0 fully saturated rings. The van der Waals surface area contributed by atoms with Crippen molar-refractivity contribution in [1.82, 2.24) is 0 Å². The SMILES string of the molecule is Cc1ccc(O[Si](C)(C)C)c(/N=C/c2cccs2)c1.